The highest BCUT2D eigenvalue weighted by molar-refractivity contribution is 7.89. The summed E-state index contributed by atoms with van der Waals surface area (Å²) >= 11 is 6.54. The Morgan fingerprint density at radius 1 is 1.20 bits per heavy atom. The number of hydrogen-bond donors (Lipinski definition) is 1. The minimum atomic E-state index is -3.25. The van der Waals surface area contributed by atoms with E-state index in [4.69, 9.17) is 11.6 Å². The van der Waals surface area contributed by atoms with Crippen LogP contribution in [0.4, 0.5) is 0 Å². The zero-order valence-electron chi connectivity index (χ0n) is 17.7. The standard InChI is InChI=1S/C21H29ClN4O3S/c1-4-13-30(28,29)24-18-9-11-25(12-10-18)21(27)19-16(3)23-26(20(19)22)14-17-7-5-15(2)6-8-17/h5-8,18,24H,4,9-14H2,1-3H3. The molecular weight excluding hydrogens is 424 g/mol. The fourth-order valence-electron chi connectivity index (χ4n) is 3.71. The molecule has 0 unspecified atom stereocenters. The van der Waals surface area contributed by atoms with E-state index in [1.165, 1.54) is 5.56 Å². The SMILES string of the molecule is CCCS(=O)(=O)NC1CCN(C(=O)c2c(C)nn(Cc3ccc(C)cc3)c2Cl)CC1. The molecule has 9 heteroatoms. The second-order valence-corrected chi connectivity index (χ2v) is 10.1. The predicted molar refractivity (Wildman–Crippen MR) is 118 cm³/mol. The second kappa shape index (κ2) is 9.49. The summed E-state index contributed by atoms with van der Waals surface area (Å²) in [6, 6.07) is 7.98. The summed E-state index contributed by atoms with van der Waals surface area (Å²) in [5, 5.41) is 4.81. The van der Waals surface area contributed by atoms with Crippen LogP contribution in [0.5, 0.6) is 0 Å². The first-order valence-corrected chi connectivity index (χ1v) is 12.3. The van der Waals surface area contributed by atoms with Gasteiger partial charge >= 0.3 is 0 Å². The van der Waals surface area contributed by atoms with Crippen LogP contribution in [-0.4, -0.2) is 53.9 Å². The van der Waals surface area contributed by atoms with Gasteiger partial charge in [0.15, 0.2) is 0 Å². The normalized spacial score (nSPS) is 15.5. The molecule has 0 saturated carbocycles. The van der Waals surface area contributed by atoms with E-state index in [0.717, 1.165) is 5.56 Å². The van der Waals surface area contributed by atoms with Gasteiger partial charge in [0.1, 0.15) is 5.15 Å². The maximum atomic E-state index is 13.1. The third-order valence-electron chi connectivity index (χ3n) is 5.33. The van der Waals surface area contributed by atoms with Crippen molar-refractivity contribution in [3.8, 4) is 0 Å². The zero-order chi connectivity index (χ0) is 21.9. The lowest BCUT2D eigenvalue weighted by Crippen LogP contribution is -2.47. The van der Waals surface area contributed by atoms with Crippen LogP contribution in [0.15, 0.2) is 24.3 Å². The van der Waals surface area contributed by atoms with Gasteiger partial charge in [0.2, 0.25) is 10.0 Å². The van der Waals surface area contributed by atoms with E-state index < -0.39 is 10.0 Å². The Morgan fingerprint density at radius 2 is 1.83 bits per heavy atom. The van der Waals surface area contributed by atoms with Crippen molar-refractivity contribution in [3.05, 3.63) is 51.8 Å². The lowest BCUT2D eigenvalue weighted by molar-refractivity contribution is 0.0710. The molecule has 1 aromatic heterocycles. The van der Waals surface area contributed by atoms with E-state index in [9.17, 15) is 13.2 Å². The second-order valence-electron chi connectivity index (χ2n) is 7.90. The fourth-order valence-corrected chi connectivity index (χ4v) is 5.42. The van der Waals surface area contributed by atoms with Gasteiger partial charge in [0, 0.05) is 19.1 Å². The van der Waals surface area contributed by atoms with Gasteiger partial charge in [-0.1, -0.05) is 48.4 Å². The Labute approximate surface area is 183 Å². The lowest BCUT2D eigenvalue weighted by atomic mass is 10.1. The summed E-state index contributed by atoms with van der Waals surface area (Å²) in [5.41, 5.74) is 3.26. The molecule has 0 spiro atoms. The molecule has 1 N–H and O–H groups in total. The van der Waals surface area contributed by atoms with Crippen LogP contribution < -0.4 is 4.72 Å². The molecule has 30 heavy (non-hydrogen) atoms. The van der Waals surface area contributed by atoms with Gasteiger partial charge in [-0.2, -0.15) is 5.10 Å². The van der Waals surface area contributed by atoms with E-state index in [-0.39, 0.29) is 17.7 Å². The number of piperidine rings is 1. The molecule has 2 heterocycles. The summed E-state index contributed by atoms with van der Waals surface area (Å²) in [6.07, 6.45) is 1.75. The number of rotatable bonds is 7. The average Bonchev–Trinajstić information content (AvgIpc) is 2.96. The Balaban J connectivity index is 1.66. The van der Waals surface area contributed by atoms with Gasteiger partial charge in [-0.3, -0.25) is 4.79 Å². The Morgan fingerprint density at radius 3 is 2.43 bits per heavy atom. The lowest BCUT2D eigenvalue weighted by Gasteiger charge is -2.32. The van der Waals surface area contributed by atoms with Gasteiger partial charge < -0.3 is 4.90 Å². The summed E-state index contributed by atoms with van der Waals surface area (Å²) in [6.45, 7) is 7.12. The molecule has 1 fully saturated rings. The van der Waals surface area contributed by atoms with Crippen LogP contribution in [0.1, 0.15) is 53.4 Å². The number of halogens is 1. The Bertz CT molecular complexity index is 994. The number of aromatic nitrogens is 2. The first-order chi connectivity index (χ1) is 14.2. The van der Waals surface area contributed by atoms with Crippen molar-refractivity contribution < 1.29 is 13.2 Å². The first-order valence-electron chi connectivity index (χ1n) is 10.3. The minimum absolute atomic E-state index is 0.126. The van der Waals surface area contributed by atoms with E-state index >= 15 is 0 Å². The van der Waals surface area contributed by atoms with Crippen molar-refractivity contribution in [3.63, 3.8) is 0 Å². The van der Waals surface area contributed by atoms with Gasteiger partial charge in [-0.25, -0.2) is 17.8 Å². The highest BCUT2D eigenvalue weighted by Gasteiger charge is 2.29. The quantitative estimate of drug-likeness (QED) is 0.699. The van der Waals surface area contributed by atoms with E-state index in [0.29, 0.717) is 55.3 Å². The summed E-state index contributed by atoms with van der Waals surface area (Å²) in [5.74, 6) is -0.0243. The number of hydrogen-bond acceptors (Lipinski definition) is 4. The van der Waals surface area contributed by atoms with Crippen molar-refractivity contribution in [1.82, 2.24) is 19.4 Å². The number of carbonyl (C=O) groups excluding carboxylic acids is 1. The van der Waals surface area contributed by atoms with Crippen molar-refractivity contribution in [2.45, 2.75) is 52.6 Å². The number of nitrogens with one attached hydrogen (secondary N) is 1. The molecule has 164 valence electrons. The van der Waals surface area contributed by atoms with Crippen LogP contribution in [0.2, 0.25) is 5.15 Å². The summed E-state index contributed by atoms with van der Waals surface area (Å²) in [7, 11) is -3.25. The molecule has 3 rings (SSSR count). The number of carbonyl (C=O) groups is 1. The summed E-state index contributed by atoms with van der Waals surface area (Å²) in [4.78, 5) is 14.8. The van der Waals surface area contributed by atoms with Gasteiger partial charge in [0.25, 0.3) is 5.91 Å². The molecule has 1 aliphatic heterocycles. The van der Waals surface area contributed by atoms with Crippen molar-refractivity contribution >= 4 is 27.5 Å². The van der Waals surface area contributed by atoms with Gasteiger partial charge in [0.05, 0.1) is 23.6 Å². The molecule has 2 aromatic rings. The molecule has 0 bridgehead atoms. The fraction of sp³-hybridized carbons (Fsp3) is 0.524. The van der Waals surface area contributed by atoms with E-state index in [1.807, 2.05) is 38.1 Å². The third-order valence-corrected chi connectivity index (χ3v) is 7.36. The summed E-state index contributed by atoms with van der Waals surface area (Å²) < 4.78 is 28.4. The molecule has 1 aromatic carbocycles. The van der Waals surface area contributed by atoms with E-state index in [2.05, 4.69) is 9.82 Å². The van der Waals surface area contributed by atoms with Crippen LogP contribution >= 0.6 is 11.6 Å². The number of likely N-dealkylation sites (tertiary alicyclic amines) is 1. The van der Waals surface area contributed by atoms with Crippen LogP contribution in [0.25, 0.3) is 0 Å². The Hall–Kier alpha value is -1.90. The zero-order valence-corrected chi connectivity index (χ0v) is 19.3. The number of aryl methyl sites for hydroxylation is 2. The molecule has 1 saturated heterocycles. The highest BCUT2D eigenvalue weighted by atomic mass is 35.5. The molecule has 7 nitrogen and oxygen atoms in total. The maximum absolute atomic E-state index is 13.1. The van der Waals surface area contributed by atoms with E-state index in [1.54, 1.807) is 16.5 Å². The minimum Gasteiger partial charge on any atom is -0.338 e. The van der Waals surface area contributed by atoms with Crippen LogP contribution in [-0.2, 0) is 16.6 Å². The number of amides is 1. The molecule has 0 radical (unpaired) electrons. The molecule has 1 aliphatic rings. The van der Waals surface area contributed by atoms with Crippen LogP contribution in [0.3, 0.4) is 0 Å². The number of benzene rings is 1. The predicted octanol–water partition coefficient (Wildman–Crippen LogP) is 3.14. The van der Waals surface area contributed by atoms with Gasteiger partial charge in [-0.05, 0) is 38.7 Å². The number of nitrogens with zero attached hydrogens (tertiary/aromatic N) is 3. The van der Waals surface area contributed by atoms with Crippen molar-refractivity contribution in [2.24, 2.45) is 0 Å². The van der Waals surface area contributed by atoms with Crippen molar-refractivity contribution in [2.75, 3.05) is 18.8 Å². The van der Waals surface area contributed by atoms with Crippen LogP contribution in [0, 0.1) is 13.8 Å². The average molecular weight is 453 g/mol. The molecule has 0 atom stereocenters. The first kappa shape index (κ1) is 22.8. The topological polar surface area (TPSA) is 84.3 Å². The van der Waals surface area contributed by atoms with Crippen molar-refractivity contribution in [1.29, 1.82) is 0 Å². The molecule has 0 aliphatic carbocycles. The highest BCUT2D eigenvalue weighted by Crippen LogP contribution is 2.24. The monoisotopic (exact) mass is 452 g/mol. The maximum Gasteiger partial charge on any atom is 0.258 e. The largest absolute Gasteiger partial charge is 0.338 e. The molecule has 1 amide bonds. The Kier molecular flexibility index (Phi) is 7.21. The van der Waals surface area contributed by atoms with Gasteiger partial charge in [-0.15, -0.1) is 0 Å². The number of sulfonamides is 1. The molecular formula is C21H29ClN4O3S. The smallest absolute Gasteiger partial charge is 0.258 e. The third kappa shape index (κ3) is 5.42.